The molecule has 200 valence electrons. The Kier molecular flexibility index (Phi) is 9.91. The van der Waals surface area contributed by atoms with Crippen molar-refractivity contribution in [2.75, 3.05) is 27.4 Å². The first-order valence-electron chi connectivity index (χ1n) is 12.5. The molecule has 0 saturated heterocycles. The first-order valence-corrected chi connectivity index (χ1v) is 12.5. The van der Waals surface area contributed by atoms with Gasteiger partial charge in [-0.1, -0.05) is 30.3 Å². The van der Waals surface area contributed by atoms with E-state index in [4.69, 9.17) is 14.2 Å². The van der Waals surface area contributed by atoms with Crippen LogP contribution in [0.3, 0.4) is 0 Å². The highest BCUT2D eigenvalue weighted by Gasteiger charge is 2.34. The number of carboxylic acids is 1. The number of esters is 1. The fourth-order valence-corrected chi connectivity index (χ4v) is 4.77. The quantitative estimate of drug-likeness (QED) is 0.394. The van der Waals surface area contributed by atoms with Crippen LogP contribution >= 0.6 is 0 Å². The molecule has 2 aromatic carbocycles. The number of aryl methyl sites for hydroxylation is 1. The molecule has 0 aliphatic heterocycles. The molecule has 1 aliphatic carbocycles. The summed E-state index contributed by atoms with van der Waals surface area (Å²) in [4.78, 5) is 39.3. The summed E-state index contributed by atoms with van der Waals surface area (Å²) in [5, 5.41) is 12.6. The average Bonchev–Trinajstić information content (AvgIpc) is 3.33. The molecule has 2 atom stereocenters. The van der Waals surface area contributed by atoms with E-state index < -0.39 is 30.6 Å². The molecule has 9 heteroatoms. The van der Waals surface area contributed by atoms with Crippen molar-refractivity contribution in [3.05, 3.63) is 59.2 Å². The fraction of sp³-hybridized carbons (Fsp3) is 0.464. The maximum absolute atomic E-state index is 13.5. The van der Waals surface area contributed by atoms with E-state index in [1.54, 1.807) is 34.1 Å². The fourth-order valence-electron chi connectivity index (χ4n) is 4.77. The molecule has 0 saturated carbocycles. The van der Waals surface area contributed by atoms with E-state index in [0.29, 0.717) is 37.2 Å². The summed E-state index contributed by atoms with van der Waals surface area (Å²) in [6, 6.07) is 11.6. The van der Waals surface area contributed by atoms with E-state index in [2.05, 4.69) is 5.32 Å². The number of carbonyl (C=O) groups excluding carboxylic acids is 2. The molecule has 0 aromatic heterocycles. The van der Waals surface area contributed by atoms with Crippen LogP contribution in [-0.2, 0) is 38.4 Å². The number of ether oxygens (including phenoxy) is 3. The third kappa shape index (κ3) is 7.22. The largest absolute Gasteiger partial charge is 0.493 e. The van der Waals surface area contributed by atoms with Crippen molar-refractivity contribution >= 4 is 17.8 Å². The average molecular weight is 513 g/mol. The van der Waals surface area contributed by atoms with Crippen molar-refractivity contribution in [3.63, 3.8) is 0 Å². The Balaban J connectivity index is 1.72. The number of aliphatic carboxylic acids is 1. The van der Waals surface area contributed by atoms with Crippen LogP contribution in [-0.4, -0.2) is 73.3 Å². The zero-order valence-electron chi connectivity index (χ0n) is 21.9. The summed E-state index contributed by atoms with van der Waals surface area (Å²) in [6.45, 7) is 3.19. The third-order valence-electron chi connectivity index (χ3n) is 6.62. The van der Waals surface area contributed by atoms with E-state index in [-0.39, 0.29) is 18.6 Å². The number of hydrogen-bond acceptors (Lipinski definition) is 7. The number of fused-ring (bicyclic) bond motifs is 1. The number of amides is 1. The zero-order valence-corrected chi connectivity index (χ0v) is 21.9. The van der Waals surface area contributed by atoms with Crippen LogP contribution in [0.25, 0.3) is 0 Å². The number of carboxylic acid groups (broad SMARTS) is 1. The van der Waals surface area contributed by atoms with Gasteiger partial charge in [0.2, 0.25) is 5.91 Å². The van der Waals surface area contributed by atoms with Crippen molar-refractivity contribution in [2.45, 2.75) is 57.7 Å². The molecule has 0 spiro atoms. The standard InChI is InChI=1S/C28H36N2O7/c1-5-37-28(34)23(12-10-19-11-13-24(35-3)25(14-19)36-4)29-18(2)27(33)30(17-26(31)32)22-15-20-8-6-7-9-21(20)16-22/h6-9,11,13-14,18,22-23,29H,5,10,12,15-17H2,1-4H3,(H,31,32)/t18-,23-/m0/s1. The van der Waals surface area contributed by atoms with Gasteiger partial charge in [-0.3, -0.25) is 19.7 Å². The Morgan fingerprint density at radius 1 is 1.05 bits per heavy atom. The second-order valence-corrected chi connectivity index (χ2v) is 9.11. The predicted molar refractivity (Wildman–Crippen MR) is 138 cm³/mol. The summed E-state index contributed by atoms with van der Waals surface area (Å²) in [7, 11) is 3.12. The molecular formula is C28H36N2O7. The summed E-state index contributed by atoms with van der Waals surface area (Å²) in [5.74, 6) is -0.697. The lowest BCUT2D eigenvalue weighted by atomic mass is 10.0. The smallest absolute Gasteiger partial charge is 0.323 e. The Hall–Kier alpha value is -3.59. The number of nitrogens with one attached hydrogen (secondary N) is 1. The molecule has 3 rings (SSSR count). The van der Waals surface area contributed by atoms with Crippen LogP contribution in [0.2, 0.25) is 0 Å². The third-order valence-corrected chi connectivity index (χ3v) is 6.62. The van der Waals surface area contributed by atoms with Gasteiger partial charge < -0.3 is 24.2 Å². The SMILES string of the molecule is CCOC(=O)[C@H](CCc1ccc(OC)c(OC)c1)N[C@@H](C)C(=O)N(CC(=O)O)C1Cc2ccccc2C1. The Morgan fingerprint density at radius 3 is 2.27 bits per heavy atom. The molecule has 1 amide bonds. The van der Waals surface area contributed by atoms with Crippen LogP contribution in [0.4, 0.5) is 0 Å². The van der Waals surface area contributed by atoms with Gasteiger partial charge in [-0.2, -0.15) is 0 Å². The Morgan fingerprint density at radius 2 is 1.70 bits per heavy atom. The van der Waals surface area contributed by atoms with E-state index in [9.17, 15) is 19.5 Å². The van der Waals surface area contributed by atoms with Crippen molar-refractivity contribution in [1.29, 1.82) is 0 Å². The van der Waals surface area contributed by atoms with Crippen LogP contribution in [0.15, 0.2) is 42.5 Å². The number of methoxy groups -OCH3 is 2. The minimum Gasteiger partial charge on any atom is -0.493 e. The Bertz CT molecular complexity index is 1080. The van der Waals surface area contributed by atoms with Gasteiger partial charge in [0.15, 0.2) is 11.5 Å². The molecule has 2 aromatic rings. The zero-order chi connectivity index (χ0) is 26.9. The van der Waals surface area contributed by atoms with Crippen LogP contribution in [0.5, 0.6) is 11.5 Å². The van der Waals surface area contributed by atoms with Crippen molar-refractivity contribution in [2.24, 2.45) is 0 Å². The molecule has 0 heterocycles. The first kappa shape index (κ1) is 28.0. The lowest BCUT2D eigenvalue weighted by molar-refractivity contribution is -0.149. The van der Waals surface area contributed by atoms with Crippen molar-refractivity contribution in [3.8, 4) is 11.5 Å². The lowest BCUT2D eigenvalue weighted by Gasteiger charge is -2.31. The van der Waals surface area contributed by atoms with Crippen LogP contribution in [0.1, 0.15) is 37.0 Å². The molecule has 1 aliphatic rings. The minimum absolute atomic E-state index is 0.209. The number of nitrogens with zero attached hydrogens (tertiary/aromatic N) is 1. The second-order valence-electron chi connectivity index (χ2n) is 9.11. The van der Waals surface area contributed by atoms with Crippen molar-refractivity contribution in [1.82, 2.24) is 10.2 Å². The van der Waals surface area contributed by atoms with Gasteiger partial charge in [-0.15, -0.1) is 0 Å². The number of carbonyl (C=O) groups is 3. The minimum atomic E-state index is -1.08. The molecular weight excluding hydrogens is 476 g/mol. The summed E-state index contributed by atoms with van der Waals surface area (Å²) in [6.07, 6.45) is 2.10. The van der Waals surface area contributed by atoms with Crippen LogP contribution in [0, 0.1) is 0 Å². The highest BCUT2D eigenvalue weighted by atomic mass is 16.5. The molecule has 0 radical (unpaired) electrons. The number of benzene rings is 2. The maximum atomic E-state index is 13.5. The molecule has 37 heavy (non-hydrogen) atoms. The Labute approximate surface area is 217 Å². The summed E-state index contributed by atoms with van der Waals surface area (Å²) < 4.78 is 15.9. The van der Waals surface area contributed by atoms with Gasteiger partial charge in [0.25, 0.3) is 0 Å². The topological polar surface area (TPSA) is 114 Å². The lowest BCUT2D eigenvalue weighted by Crippen LogP contribution is -2.54. The predicted octanol–water partition coefficient (Wildman–Crippen LogP) is 2.63. The van der Waals surface area contributed by atoms with Gasteiger partial charge in [0.05, 0.1) is 26.9 Å². The van der Waals surface area contributed by atoms with Gasteiger partial charge in [-0.05, 0) is 68.4 Å². The van der Waals surface area contributed by atoms with E-state index in [1.807, 2.05) is 36.4 Å². The monoisotopic (exact) mass is 512 g/mol. The highest BCUT2D eigenvalue weighted by Crippen LogP contribution is 2.28. The normalized spacial score (nSPS) is 14.4. The molecule has 0 bridgehead atoms. The number of rotatable bonds is 13. The molecule has 9 nitrogen and oxygen atoms in total. The molecule has 2 N–H and O–H groups in total. The highest BCUT2D eigenvalue weighted by molar-refractivity contribution is 5.86. The van der Waals surface area contributed by atoms with E-state index >= 15 is 0 Å². The molecule has 0 fully saturated rings. The summed E-state index contributed by atoms with van der Waals surface area (Å²) in [5.41, 5.74) is 3.18. The number of hydrogen-bond donors (Lipinski definition) is 2. The van der Waals surface area contributed by atoms with Crippen LogP contribution < -0.4 is 14.8 Å². The van der Waals surface area contributed by atoms with Gasteiger partial charge >= 0.3 is 11.9 Å². The second kappa shape index (κ2) is 13.1. The molecule has 0 unspecified atom stereocenters. The van der Waals surface area contributed by atoms with Gasteiger partial charge in [-0.25, -0.2) is 0 Å². The maximum Gasteiger partial charge on any atom is 0.323 e. The van der Waals surface area contributed by atoms with E-state index in [0.717, 1.165) is 16.7 Å². The van der Waals surface area contributed by atoms with Gasteiger partial charge in [0, 0.05) is 6.04 Å². The van der Waals surface area contributed by atoms with E-state index in [1.165, 1.54) is 4.90 Å². The summed E-state index contributed by atoms with van der Waals surface area (Å²) >= 11 is 0. The van der Waals surface area contributed by atoms with Gasteiger partial charge in [0.1, 0.15) is 12.6 Å². The first-order chi connectivity index (χ1) is 17.8. The van der Waals surface area contributed by atoms with Crippen molar-refractivity contribution < 1.29 is 33.7 Å².